The summed E-state index contributed by atoms with van der Waals surface area (Å²) in [6.45, 7) is -0.0759. The molecule has 0 spiro atoms. The molecule has 1 N–H and O–H groups in total. The van der Waals surface area contributed by atoms with Gasteiger partial charge in [-0.2, -0.15) is 9.90 Å². The average Bonchev–Trinajstić information content (AvgIpc) is 3.27. The van der Waals surface area contributed by atoms with Crippen molar-refractivity contribution in [2.75, 3.05) is 0 Å². The smallest absolute Gasteiger partial charge is 0.263 e. The number of rotatable bonds is 5. The van der Waals surface area contributed by atoms with E-state index in [0.717, 1.165) is 32.7 Å². The maximum Gasteiger partial charge on any atom is 0.263 e. The first-order valence-corrected chi connectivity index (χ1v) is 9.83. The Hall–Kier alpha value is -4.39. The maximum absolute atomic E-state index is 12.3. The molecular weight excluding hydrogens is 388 g/mol. The number of carbonyl (C=O) groups is 1. The van der Waals surface area contributed by atoms with Crippen molar-refractivity contribution >= 4 is 33.7 Å². The van der Waals surface area contributed by atoms with E-state index >= 15 is 0 Å². The molecule has 0 fully saturated rings. The lowest BCUT2D eigenvalue weighted by molar-refractivity contribution is -0.122. The lowest BCUT2D eigenvalue weighted by Crippen LogP contribution is -2.24. The minimum Gasteiger partial charge on any atom is -0.271 e. The van der Waals surface area contributed by atoms with Gasteiger partial charge in [-0.1, -0.05) is 78.9 Å². The van der Waals surface area contributed by atoms with Gasteiger partial charge >= 0.3 is 0 Å². The number of hydrogen-bond donors (Lipinski definition) is 1. The summed E-state index contributed by atoms with van der Waals surface area (Å²) in [6, 6.07) is 27.9. The Kier molecular flexibility index (Phi) is 4.90. The van der Waals surface area contributed by atoms with Gasteiger partial charge in [0.1, 0.15) is 6.54 Å². The number of aromatic nitrogens is 4. The molecular formula is C24H18N6O. The number of fused-ring (bicyclic) bond motifs is 2. The number of nitrogens with one attached hydrogen (secondary N) is 1. The van der Waals surface area contributed by atoms with E-state index in [1.54, 1.807) is 6.21 Å². The number of benzene rings is 4. The third-order valence-corrected chi connectivity index (χ3v) is 4.97. The van der Waals surface area contributed by atoms with E-state index in [9.17, 15) is 4.79 Å². The summed E-state index contributed by atoms with van der Waals surface area (Å²) in [7, 11) is 0. The largest absolute Gasteiger partial charge is 0.271 e. The second-order valence-electron chi connectivity index (χ2n) is 7.04. The fourth-order valence-electron chi connectivity index (χ4n) is 3.53. The SMILES string of the molecule is O=C(Cn1nnc(-c2ccccc2)n1)N/N=C/c1c2ccccc2cc2ccccc12. The lowest BCUT2D eigenvalue weighted by Gasteiger charge is -2.07. The first-order valence-electron chi connectivity index (χ1n) is 9.83. The van der Waals surface area contributed by atoms with Crippen LogP contribution >= 0.6 is 0 Å². The van der Waals surface area contributed by atoms with E-state index in [1.165, 1.54) is 4.80 Å². The monoisotopic (exact) mass is 406 g/mol. The van der Waals surface area contributed by atoms with Gasteiger partial charge in [-0.25, -0.2) is 5.43 Å². The molecule has 5 rings (SSSR count). The van der Waals surface area contributed by atoms with Gasteiger partial charge in [-0.3, -0.25) is 4.79 Å². The Morgan fingerprint density at radius 1 is 0.903 bits per heavy atom. The van der Waals surface area contributed by atoms with Gasteiger partial charge in [-0.05, 0) is 32.8 Å². The molecule has 0 bridgehead atoms. The summed E-state index contributed by atoms with van der Waals surface area (Å²) in [5, 5.41) is 20.8. The molecule has 1 heterocycles. The molecule has 0 saturated heterocycles. The van der Waals surface area contributed by atoms with Gasteiger partial charge in [0.05, 0.1) is 6.21 Å². The average molecular weight is 406 g/mol. The van der Waals surface area contributed by atoms with Crippen molar-refractivity contribution in [3.05, 3.63) is 90.5 Å². The molecule has 0 radical (unpaired) electrons. The predicted molar refractivity (Wildman–Crippen MR) is 120 cm³/mol. The maximum atomic E-state index is 12.3. The number of tetrazole rings is 1. The molecule has 0 unspecified atom stereocenters. The van der Waals surface area contributed by atoms with E-state index in [4.69, 9.17) is 0 Å². The van der Waals surface area contributed by atoms with Crippen molar-refractivity contribution in [3.8, 4) is 11.4 Å². The van der Waals surface area contributed by atoms with Crippen LogP contribution < -0.4 is 5.43 Å². The van der Waals surface area contributed by atoms with Crippen molar-refractivity contribution < 1.29 is 4.79 Å². The van der Waals surface area contributed by atoms with Gasteiger partial charge in [-0.15, -0.1) is 10.2 Å². The van der Waals surface area contributed by atoms with Crippen LogP contribution in [0.2, 0.25) is 0 Å². The van der Waals surface area contributed by atoms with Crippen molar-refractivity contribution in [1.29, 1.82) is 0 Å². The topological polar surface area (TPSA) is 85.1 Å². The minimum atomic E-state index is -0.335. The first kappa shape index (κ1) is 18.6. The normalized spacial score (nSPS) is 11.4. The summed E-state index contributed by atoms with van der Waals surface area (Å²) < 4.78 is 0. The minimum absolute atomic E-state index is 0.0759. The summed E-state index contributed by atoms with van der Waals surface area (Å²) in [5.74, 6) is 0.136. The first-order chi connectivity index (χ1) is 15.3. The van der Waals surface area contributed by atoms with Crippen LogP contribution in [0.5, 0.6) is 0 Å². The molecule has 7 nitrogen and oxygen atoms in total. The van der Waals surface area contributed by atoms with Crippen LogP contribution in [0.1, 0.15) is 5.56 Å². The third kappa shape index (κ3) is 3.89. The molecule has 0 aliphatic heterocycles. The van der Waals surface area contributed by atoms with Crippen molar-refractivity contribution in [2.24, 2.45) is 5.10 Å². The number of amides is 1. The second-order valence-corrected chi connectivity index (χ2v) is 7.04. The lowest BCUT2D eigenvalue weighted by atomic mass is 9.97. The van der Waals surface area contributed by atoms with Crippen LogP contribution in [0.25, 0.3) is 32.9 Å². The zero-order chi connectivity index (χ0) is 21.0. The molecule has 150 valence electrons. The second kappa shape index (κ2) is 8.16. The van der Waals surface area contributed by atoms with E-state index in [1.807, 2.05) is 54.6 Å². The van der Waals surface area contributed by atoms with Gasteiger partial charge < -0.3 is 0 Å². The molecule has 0 saturated carbocycles. The Morgan fingerprint density at radius 2 is 1.55 bits per heavy atom. The van der Waals surface area contributed by atoms with E-state index in [-0.39, 0.29) is 12.5 Å². The van der Waals surface area contributed by atoms with Crippen LogP contribution in [0.3, 0.4) is 0 Å². The van der Waals surface area contributed by atoms with Crippen molar-refractivity contribution in [1.82, 2.24) is 25.6 Å². The summed E-state index contributed by atoms with van der Waals surface area (Å²) in [6.07, 6.45) is 1.69. The molecule has 7 heteroatoms. The molecule has 0 aliphatic rings. The number of hydrazone groups is 1. The number of carbonyl (C=O) groups excluding carboxylic acids is 1. The molecule has 0 atom stereocenters. The molecule has 5 aromatic rings. The zero-order valence-electron chi connectivity index (χ0n) is 16.5. The van der Waals surface area contributed by atoms with Gasteiger partial charge in [0.15, 0.2) is 0 Å². The van der Waals surface area contributed by atoms with Gasteiger partial charge in [0, 0.05) is 11.1 Å². The molecule has 1 aromatic heterocycles. The van der Waals surface area contributed by atoms with Crippen LogP contribution in [0.4, 0.5) is 0 Å². The van der Waals surface area contributed by atoms with Crippen molar-refractivity contribution in [2.45, 2.75) is 6.54 Å². The Labute approximate surface area is 178 Å². The highest BCUT2D eigenvalue weighted by Gasteiger charge is 2.09. The quantitative estimate of drug-likeness (QED) is 0.273. The van der Waals surface area contributed by atoms with Crippen molar-refractivity contribution in [3.63, 3.8) is 0 Å². The number of nitrogens with zero attached hydrogens (tertiary/aromatic N) is 5. The van der Waals surface area contributed by atoms with Gasteiger partial charge in [0.2, 0.25) is 5.82 Å². The fourth-order valence-corrected chi connectivity index (χ4v) is 3.53. The van der Waals surface area contributed by atoms with Crippen LogP contribution in [0.15, 0.2) is 90.0 Å². The highest BCUT2D eigenvalue weighted by Crippen LogP contribution is 2.27. The highest BCUT2D eigenvalue weighted by molar-refractivity contribution is 6.13. The summed E-state index contributed by atoms with van der Waals surface area (Å²) in [4.78, 5) is 13.6. The molecule has 31 heavy (non-hydrogen) atoms. The number of hydrogen-bond acceptors (Lipinski definition) is 5. The molecule has 4 aromatic carbocycles. The fraction of sp³-hybridized carbons (Fsp3) is 0.0417. The molecule has 1 amide bonds. The summed E-state index contributed by atoms with van der Waals surface area (Å²) >= 11 is 0. The van der Waals surface area contributed by atoms with Crippen LogP contribution in [-0.2, 0) is 11.3 Å². The Balaban J connectivity index is 1.34. The van der Waals surface area contributed by atoms with E-state index in [2.05, 4.69) is 56.3 Å². The highest BCUT2D eigenvalue weighted by atomic mass is 16.2. The Morgan fingerprint density at radius 3 is 2.26 bits per heavy atom. The van der Waals surface area contributed by atoms with Crippen LogP contribution in [0, 0.1) is 0 Å². The third-order valence-electron chi connectivity index (χ3n) is 4.97. The van der Waals surface area contributed by atoms with Gasteiger partial charge in [0.25, 0.3) is 5.91 Å². The summed E-state index contributed by atoms with van der Waals surface area (Å²) in [5.41, 5.74) is 4.36. The van der Waals surface area contributed by atoms with Crippen LogP contribution in [-0.4, -0.2) is 32.3 Å². The molecule has 0 aliphatic carbocycles. The predicted octanol–water partition coefficient (Wildman–Crippen LogP) is 3.80. The van der Waals surface area contributed by atoms with E-state index < -0.39 is 0 Å². The Bertz CT molecular complexity index is 1350. The standard InChI is InChI=1S/C24H18N6O/c31-23(16-30-28-24(27-29-30)17-8-2-1-3-9-17)26-25-15-22-20-12-6-4-10-18(20)14-19-11-5-7-13-21(19)22/h1-15H,16H2,(H,26,31)/b25-15+. The van der Waals surface area contributed by atoms with E-state index in [0.29, 0.717) is 5.82 Å². The zero-order valence-corrected chi connectivity index (χ0v) is 16.5.